The molecule has 10 nitrogen and oxygen atoms in total. The van der Waals surface area contributed by atoms with E-state index in [-0.39, 0.29) is 45.4 Å². The lowest BCUT2D eigenvalue weighted by atomic mass is 9.91. The Morgan fingerprint density at radius 3 is 2.40 bits per heavy atom. The number of fused-ring (bicyclic) bond motifs is 1. The number of rotatable bonds is 8. The van der Waals surface area contributed by atoms with Crippen LogP contribution in [-0.2, 0) is 16.2 Å². The van der Waals surface area contributed by atoms with E-state index in [1.54, 1.807) is 18.2 Å². The molecule has 2 unspecified atom stereocenters. The van der Waals surface area contributed by atoms with Gasteiger partial charge < -0.3 is 22.1 Å². The van der Waals surface area contributed by atoms with E-state index in [1.165, 1.54) is 12.3 Å². The van der Waals surface area contributed by atoms with Crippen LogP contribution in [-0.4, -0.2) is 36.4 Å². The number of carbonyl (C=O) groups excluding carboxylic acids is 1. The van der Waals surface area contributed by atoms with E-state index in [2.05, 4.69) is 25.3 Å². The lowest BCUT2D eigenvalue weighted by molar-refractivity contribution is -0.137. The lowest BCUT2D eigenvalue weighted by Gasteiger charge is -2.30. The molecule has 2 aromatic heterocycles. The number of sulfonamides is 1. The Morgan fingerprint density at radius 1 is 1.00 bits per heavy atom. The van der Waals surface area contributed by atoms with E-state index in [9.17, 15) is 30.8 Å². The highest BCUT2D eigenvalue weighted by molar-refractivity contribution is 7.92. The minimum atomic E-state index is -4.61. The van der Waals surface area contributed by atoms with Gasteiger partial charge in [-0.05, 0) is 55.3 Å². The van der Waals surface area contributed by atoms with Crippen LogP contribution in [0.3, 0.4) is 0 Å². The van der Waals surface area contributed by atoms with E-state index < -0.39 is 33.5 Å². The van der Waals surface area contributed by atoms with Crippen molar-refractivity contribution in [3.63, 3.8) is 0 Å². The summed E-state index contributed by atoms with van der Waals surface area (Å²) in [5.74, 6) is -1.80. The maximum atomic E-state index is 14.9. The Kier molecular flexibility index (Phi) is 8.12. The number of hydrogen-bond donors (Lipinski definition) is 5. The van der Waals surface area contributed by atoms with Gasteiger partial charge in [0.25, 0.3) is 15.9 Å². The first kappa shape index (κ1) is 30.0. The molecule has 0 saturated heterocycles. The number of anilines is 4. The van der Waals surface area contributed by atoms with Gasteiger partial charge in [-0.2, -0.15) is 13.2 Å². The number of halogens is 4. The van der Waals surface area contributed by atoms with Crippen LogP contribution in [0.15, 0.2) is 65.7 Å². The number of aromatic nitrogens is 2. The minimum Gasteiger partial charge on any atom is -0.365 e. The molecule has 7 N–H and O–H groups in total. The Hall–Kier alpha value is -4.50. The van der Waals surface area contributed by atoms with Crippen LogP contribution in [0.1, 0.15) is 41.6 Å². The predicted octanol–water partition coefficient (Wildman–Crippen LogP) is 5.11. The second-order valence-electron chi connectivity index (χ2n) is 10.1. The summed E-state index contributed by atoms with van der Waals surface area (Å²) in [6.45, 7) is 0. The summed E-state index contributed by atoms with van der Waals surface area (Å²) in [6, 6.07) is 9.94. The van der Waals surface area contributed by atoms with Crippen molar-refractivity contribution in [3.05, 3.63) is 77.7 Å². The van der Waals surface area contributed by atoms with Crippen molar-refractivity contribution < 1.29 is 30.8 Å². The standard InChI is InChI=1S/C28H27F4N7O3S/c29-20-13-19(25(34)40)26(38-27(20)37-22-6-2-1-5-21(22)33)36-17-12-15-4-3-7-23(24(15)35-14-17)39-43(41,42)18-10-8-16(9-11-18)28(30,31)32/h3-4,7-14,21-22,39H,1-2,5-6,33H2,(H2,34,40)(H2,36,37,38). The second-order valence-corrected chi connectivity index (χ2v) is 11.8. The van der Waals surface area contributed by atoms with Gasteiger partial charge in [0, 0.05) is 17.5 Å². The molecule has 2 heterocycles. The highest BCUT2D eigenvalue weighted by Crippen LogP contribution is 2.32. The van der Waals surface area contributed by atoms with Crippen molar-refractivity contribution in [1.82, 2.24) is 9.97 Å². The molecule has 0 bridgehead atoms. The maximum absolute atomic E-state index is 14.9. The van der Waals surface area contributed by atoms with E-state index >= 15 is 0 Å². The highest BCUT2D eigenvalue weighted by Gasteiger charge is 2.31. The van der Waals surface area contributed by atoms with Crippen molar-refractivity contribution in [3.8, 4) is 0 Å². The van der Waals surface area contributed by atoms with Gasteiger partial charge in [0.1, 0.15) is 5.82 Å². The molecule has 5 rings (SSSR count). The Morgan fingerprint density at radius 2 is 1.72 bits per heavy atom. The number of para-hydroxylation sites is 1. The van der Waals surface area contributed by atoms with E-state index in [0.29, 0.717) is 23.2 Å². The Balaban J connectivity index is 1.42. The monoisotopic (exact) mass is 617 g/mol. The topological polar surface area (TPSA) is 165 Å². The van der Waals surface area contributed by atoms with Crippen molar-refractivity contribution in [2.75, 3.05) is 15.4 Å². The lowest BCUT2D eigenvalue weighted by Crippen LogP contribution is -2.43. The first-order valence-corrected chi connectivity index (χ1v) is 14.7. The minimum absolute atomic E-state index is 0.0268. The zero-order chi connectivity index (χ0) is 30.9. The third kappa shape index (κ3) is 6.62. The summed E-state index contributed by atoms with van der Waals surface area (Å²) >= 11 is 0. The van der Waals surface area contributed by atoms with Crippen LogP contribution in [0.25, 0.3) is 10.9 Å². The average Bonchev–Trinajstić information content (AvgIpc) is 2.95. The van der Waals surface area contributed by atoms with Crippen LogP contribution >= 0.6 is 0 Å². The van der Waals surface area contributed by atoms with Gasteiger partial charge in [-0.15, -0.1) is 0 Å². The van der Waals surface area contributed by atoms with Crippen molar-refractivity contribution in [2.45, 2.75) is 48.8 Å². The number of carbonyl (C=O) groups is 1. The highest BCUT2D eigenvalue weighted by atomic mass is 32.2. The largest absolute Gasteiger partial charge is 0.416 e. The van der Waals surface area contributed by atoms with Gasteiger partial charge in [-0.3, -0.25) is 14.5 Å². The average molecular weight is 618 g/mol. The van der Waals surface area contributed by atoms with Gasteiger partial charge in [0.15, 0.2) is 11.6 Å². The summed E-state index contributed by atoms with van der Waals surface area (Å²) in [5.41, 5.74) is 11.1. The quantitative estimate of drug-likeness (QED) is 0.170. The van der Waals surface area contributed by atoms with Crippen LogP contribution in [0, 0.1) is 5.82 Å². The van der Waals surface area contributed by atoms with Crippen molar-refractivity contribution in [1.29, 1.82) is 0 Å². The molecule has 4 aromatic rings. The number of amides is 1. The second kappa shape index (κ2) is 11.6. The molecule has 0 spiro atoms. The van der Waals surface area contributed by atoms with Gasteiger partial charge in [0.2, 0.25) is 0 Å². The summed E-state index contributed by atoms with van der Waals surface area (Å²) in [5, 5.41) is 6.43. The van der Waals surface area contributed by atoms with Crippen molar-refractivity contribution >= 4 is 49.8 Å². The van der Waals surface area contributed by atoms with E-state index in [0.717, 1.165) is 43.9 Å². The molecule has 1 aliphatic rings. The normalized spacial score (nSPS) is 17.4. The molecule has 1 saturated carbocycles. The smallest absolute Gasteiger partial charge is 0.365 e. The number of nitrogens with one attached hydrogen (secondary N) is 3. The van der Waals surface area contributed by atoms with Crippen LogP contribution in [0.2, 0.25) is 0 Å². The number of alkyl halides is 3. The summed E-state index contributed by atoms with van der Waals surface area (Å²) in [6.07, 6.45) is 0.178. The summed E-state index contributed by atoms with van der Waals surface area (Å²) in [4.78, 5) is 20.3. The zero-order valence-electron chi connectivity index (χ0n) is 22.5. The predicted molar refractivity (Wildman–Crippen MR) is 154 cm³/mol. The zero-order valence-corrected chi connectivity index (χ0v) is 23.3. The number of hydrogen-bond acceptors (Lipinski definition) is 8. The Bertz CT molecular complexity index is 1780. The van der Waals surface area contributed by atoms with Crippen LogP contribution in [0.5, 0.6) is 0 Å². The van der Waals surface area contributed by atoms with Gasteiger partial charge >= 0.3 is 6.18 Å². The molecular formula is C28H27F4N7O3S. The summed E-state index contributed by atoms with van der Waals surface area (Å²) in [7, 11) is -4.25. The van der Waals surface area contributed by atoms with Gasteiger partial charge in [-0.25, -0.2) is 17.8 Å². The first-order valence-electron chi connectivity index (χ1n) is 13.2. The summed E-state index contributed by atoms with van der Waals surface area (Å²) < 4.78 is 81.7. The molecule has 2 atom stereocenters. The molecule has 15 heteroatoms. The first-order chi connectivity index (χ1) is 20.3. The van der Waals surface area contributed by atoms with Crippen LogP contribution < -0.4 is 26.8 Å². The number of primary amides is 1. The molecule has 1 fully saturated rings. The maximum Gasteiger partial charge on any atom is 0.416 e. The fraction of sp³-hybridized carbons (Fsp3) is 0.250. The third-order valence-corrected chi connectivity index (χ3v) is 8.47. The molecule has 226 valence electrons. The fourth-order valence-corrected chi connectivity index (χ4v) is 5.93. The molecule has 0 aliphatic heterocycles. The Labute approximate surface area is 243 Å². The molecule has 0 radical (unpaired) electrons. The molecule has 43 heavy (non-hydrogen) atoms. The molecule has 2 aromatic carbocycles. The number of nitrogens with two attached hydrogens (primary N) is 2. The van der Waals surface area contributed by atoms with Crippen LogP contribution in [0.4, 0.5) is 40.6 Å². The fourth-order valence-electron chi connectivity index (χ4n) is 4.86. The molecule has 1 aliphatic carbocycles. The van der Waals surface area contributed by atoms with Gasteiger partial charge in [-0.1, -0.05) is 25.0 Å². The molecular weight excluding hydrogens is 590 g/mol. The number of benzene rings is 2. The number of pyridine rings is 2. The van der Waals surface area contributed by atoms with Gasteiger partial charge in [0.05, 0.1) is 39.1 Å². The third-order valence-electron chi connectivity index (χ3n) is 7.09. The number of nitrogens with zero attached hydrogens (tertiary/aromatic N) is 2. The van der Waals surface area contributed by atoms with E-state index in [4.69, 9.17) is 11.5 Å². The SMILES string of the molecule is NC(=O)c1cc(F)c(NC2CCCCC2N)nc1Nc1cnc2c(NS(=O)(=O)c3ccc(C(F)(F)F)cc3)cccc2c1. The van der Waals surface area contributed by atoms with E-state index in [1.807, 2.05) is 0 Å². The molecule has 1 amide bonds. The van der Waals surface area contributed by atoms with Crippen molar-refractivity contribution in [2.24, 2.45) is 11.5 Å².